The normalized spacial score (nSPS) is 17.6. The van der Waals surface area contributed by atoms with E-state index < -0.39 is 17.7 Å². The van der Waals surface area contributed by atoms with E-state index in [1.165, 1.54) is 30.5 Å². The summed E-state index contributed by atoms with van der Waals surface area (Å²) in [5, 5.41) is 13.3. The van der Waals surface area contributed by atoms with Crippen LogP contribution in [0.1, 0.15) is 27.6 Å². The van der Waals surface area contributed by atoms with Crippen LogP contribution in [0, 0.1) is 6.92 Å². The molecule has 32 heavy (non-hydrogen) atoms. The summed E-state index contributed by atoms with van der Waals surface area (Å²) in [5.41, 5.74) is 1.99. The zero-order valence-corrected chi connectivity index (χ0v) is 18.8. The van der Waals surface area contributed by atoms with Crippen molar-refractivity contribution >= 4 is 28.8 Å². The Morgan fingerprint density at radius 2 is 1.72 bits per heavy atom. The number of ketones is 1. The van der Waals surface area contributed by atoms with Gasteiger partial charge in [-0.05, 0) is 36.1 Å². The Hall–Kier alpha value is -3.58. The maximum absolute atomic E-state index is 13.2. The zero-order chi connectivity index (χ0) is 22.8. The van der Waals surface area contributed by atoms with Gasteiger partial charge in [-0.1, -0.05) is 42.0 Å². The van der Waals surface area contributed by atoms with Gasteiger partial charge in [-0.3, -0.25) is 9.59 Å². The van der Waals surface area contributed by atoms with E-state index in [-0.39, 0.29) is 23.4 Å². The lowest BCUT2D eigenvalue weighted by Gasteiger charge is -2.25. The van der Waals surface area contributed by atoms with E-state index in [9.17, 15) is 14.7 Å². The summed E-state index contributed by atoms with van der Waals surface area (Å²) in [4.78, 5) is 28.8. The van der Waals surface area contributed by atoms with Crippen LogP contribution in [-0.4, -0.2) is 35.9 Å². The smallest absolute Gasteiger partial charge is 0.295 e. The van der Waals surface area contributed by atoms with E-state index in [0.717, 1.165) is 16.0 Å². The first-order chi connectivity index (χ1) is 15.5. The molecular weight excluding hydrogens is 426 g/mol. The molecule has 1 amide bonds. The molecule has 6 nitrogen and oxygen atoms in total. The van der Waals surface area contributed by atoms with E-state index >= 15 is 0 Å². The number of aliphatic hydroxyl groups excluding tert-OH is 1. The van der Waals surface area contributed by atoms with Crippen molar-refractivity contribution in [3.8, 4) is 11.5 Å². The highest BCUT2D eigenvalue weighted by atomic mass is 32.1. The number of amides is 1. The number of benzene rings is 2. The first-order valence-electron chi connectivity index (χ1n) is 10.0. The maximum Gasteiger partial charge on any atom is 0.295 e. The molecule has 2 heterocycles. The molecule has 164 valence electrons. The van der Waals surface area contributed by atoms with Gasteiger partial charge >= 0.3 is 0 Å². The second kappa shape index (κ2) is 8.88. The number of rotatable bonds is 6. The fourth-order valence-corrected chi connectivity index (χ4v) is 4.72. The van der Waals surface area contributed by atoms with Crippen molar-refractivity contribution in [1.82, 2.24) is 4.90 Å². The molecule has 1 aliphatic heterocycles. The van der Waals surface area contributed by atoms with Crippen LogP contribution in [0.2, 0.25) is 0 Å². The number of likely N-dealkylation sites (tertiary alicyclic amines) is 1. The Labute approximate surface area is 190 Å². The minimum absolute atomic E-state index is 0.0138. The Bertz CT molecular complexity index is 1180. The molecule has 1 fully saturated rings. The highest BCUT2D eigenvalue weighted by Crippen LogP contribution is 2.44. The predicted octanol–water partition coefficient (Wildman–Crippen LogP) is 4.70. The Kier molecular flexibility index (Phi) is 6.01. The van der Waals surface area contributed by atoms with Crippen LogP contribution in [0.3, 0.4) is 0 Å². The summed E-state index contributed by atoms with van der Waals surface area (Å²) < 4.78 is 10.8. The number of hydrogen-bond acceptors (Lipinski definition) is 6. The molecule has 0 bridgehead atoms. The highest BCUT2D eigenvalue weighted by molar-refractivity contribution is 7.09. The SMILES string of the molecule is COc1cccc(OC)c1/C(O)=C1\C(=O)C(=O)N(Cc2cccs2)C1c1cccc(C)c1. The van der Waals surface area contributed by atoms with Crippen LogP contribution >= 0.6 is 11.3 Å². The number of aliphatic hydroxyl groups is 1. The monoisotopic (exact) mass is 449 g/mol. The molecule has 0 saturated carbocycles. The molecule has 1 unspecified atom stereocenters. The van der Waals surface area contributed by atoms with Gasteiger partial charge in [0.2, 0.25) is 0 Å². The molecule has 3 aromatic rings. The fourth-order valence-electron chi connectivity index (χ4n) is 4.02. The quantitative estimate of drug-likeness (QED) is 0.336. The average Bonchev–Trinajstić information content (AvgIpc) is 3.40. The number of methoxy groups -OCH3 is 2. The van der Waals surface area contributed by atoms with Crippen LogP contribution < -0.4 is 9.47 Å². The number of carbonyl (C=O) groups excluding carboxylic acids is 2. The van der Waals surface area contributed by atoms with Crippen LogP contribution in [0.15, 0.2) is 65.6 Å². The van der Waals surface area contributed by atoms with Gasteiger partial charge < -0.3 is 19.5 Å². The lowest BCUT2D eigenvalue weighted by molar-refractivity contribution is -0.140. The number of Topliss-reactive ketones (excluding diaryl/α,β-unsaturated/α-hetero) is 1. The largest absolute Gasteiger partial charge is 0.506 e. The van der Waals surface area contributed by atoms with Gasteiger partial charge in [-0.2, -0.15) is 0 Å². The molecular formula is C25H23NO5S. The van der Waals surface area contributed by atoms with Crippen LogP contribution in [0.25, 0.3) is 5.76 Å². The minimum Gasteiger partial charge on any atom is -0.506 e. The molecule has 7 heteroatoms. The molecule has 1 N–H and O–H groups in total. The zero-order valence-electron chi connectivity index (χ0n) is 18.0. The maximum atomic E-state index is 13.2. The van der Waals surface area contributed by atoms with Crippen molar-refractivity contribution in [3.63, 3.8) is 0 Å². The number of nitrogens with zero attached hydrogens (tertiary/aromatic N) is 1. The van der Waals surface area contributed by atoms with Crippen molar-refractivity contribution in [2.75, 3.05) is 14.2 Å². The summed E-state index contributed by atoms with van der Waals surface area (Å²) in [5.74, 6) is -1.03. The van der Waals surface area contributed by atoms with Gasteiger partial charge in [-0.15, -0.1) is 11.3 Å². The molecule has 1 saturated heterocycles. The molecule has 2 aromatic carbocycles. The molecule has 0 radical (unpaired) electrons. The second-order valence-corrected chi connectivity index (χ2v) is 8.49. The summed E-state index contributed by atoms with van der Waals surface area (Å²) >= 11 is 1.51. The van der Waals surface area contributed by atoms with Gasteiger partial charge in [0.05, 0.1) is 32.4 Å². The van der Waals surface area contributed by atoms with Crippen molar-refractivity contribution < 1.29 is 24.2 Å². The van der Waals surface area contributed by atoms with E-state index in [2.05, 4.69) is 0 Å². The molecule has 1 aromatic heterocycles. The van der Waals surface area contributed by atoms with Gasteiger partial charge in [-0.25, -0.2) is 0 Å². The average molecular weight is 450 g/mol. The summed E-state index contributed by atoms with van der Waals surface area (Å²) in [7, 11) is 2.94. The summed E-state index contributed by atoms with van der Waals surface area (Å²) in [6, 6.07) is 15.7. The first-order valence-corrected chi connectivity index (χ1v) is 10.9. The third kappa shape index (κ3) is 3.76. The van der Waals surface area contributed by atoms with Crippen LogP contribution in [0.5, 0.6) is 11.5 Å². The molecule has 0 spiro atoms. The third-order valence-corrected chi connectivity index (χ3v) is 6.33. The summed E-state index contributed by atoms with van der Waals surface area (Å²) in [6.45, 7) is 2.21. The van der Waals surface area contributed by atoms with Gasteiger partial charge in [0.15, 0.2) is 0 Å². The molecule has 1 atom stereocenters. The van der Waals surface area contributed by atoms with Gasteiger partial charge in [0.1, 0.15) is 22.8 Å². The Balaban J connectivity index is 1.95. The molecule has 0 aliphatic carbocycles. The topological polar surface area (TPSA) is 76.1 Å². The predicted molar refractivity (Wildman–Crippen MR) is 123 cm³/mol. The van der Waals surface area contributed by atoms with E-state index in [1.807, 2.05) is 48.7 Å². The number of thiophene rings is 1. The number of carbonyl (C=O) groups is 2. The third-order valence-electron chi connectivity index (χ3n) is 5.47. The Morgan fingerprint density at radius 1 is 1.03 bits per heavy atom. The molecule has 1 aliphatic rings. The van der Waals surface area contributed by atoms with E-state index in [4.69, 9.17) is 9.47 Å². The lowest BCUT2D eigenvalue weighted by atomic mass is 9.94. The van der Waals surface area contributed by atoms with Crippen LogP contribution in [0.4, 0.5) is 0 Å². The van der Waals surface area contributed by atoms with Crippen molar-refractivity contribution in [3.05, 3.63) is 87.1 Å². The van der Waals surface area contributed by atoms with E-state index in [0.29, 0.717) is 11.5 Å². The van der Waals surface area contributed by atoms with Gasteiger partial charge in [0.25, 0.3) is 11.7 Å². The van der Waals surface area contributed by atoms with E-state index in [1.54, 1.807) is 18.2 Å². The standard InChI is InChI=1S/C25H23NO5S/c1-15-7-4-8-16(13-15)22-21(23(27)20-18(30-2)10-5-11-19(20)31-3)24(28)25(29)26(22)14-17-9-6-12-32-17/h4-13,22,27H,14H2,1-3H3/b23-21+. The molecule has 4 rings (SSSR count). The van der Waals surface area contributed by atoms with Crippen molar-refractivity contribution in [2.45, 2.75) is 19.5 Å². The first kappa shape index (κ1) is 21.6. The Morgan fingerprint density at radius 3 is 2.31 bits per heavy atom. The van der Waals surface area contributed by atoms with Gasteiger partial charge in [0, 0.05) is 4.88 Å². The fraction of sp³-hybridized carbons (Fsp3) is 0.200. The summed E-state index contributed by atoms with van der Waals surface area (Å²) in [6.07, 6.45) is 0. The van der Waals surface area contributed by atoms with Crippen LogP contribution in [-0.2, 0) is 16.1 Å². The number of ether oxygens (including phenoxy) is 2. The van der Waals surface area contributed by atoms with Crippen molar-refractivity contribution in [2.24, 2.45) is 0 Å². The minimum atomic E-state index is -0.744. The number of hydrogen-bond donors (Lipinski definition) is 1. The second-order valence-electron chi connectivity index (χ2n) is 7.46. The highest BCUT2D eigenvalue weighted by Gasteiger charge is 2.46. The lowest BCUT2D eigenvalue weighted by Crippen LogP contribution is -2.28. The van der Waals surface area contributed by atoms with Crippen molar-refractivity contribution in [1.29, 1.82) is 0 Å². The number of aryl methyl sites for hydroxylation is 1.